The molecule has 0 bridgehead atoms. The van der Waals surface area contributed by atoms with E-state index in [-0.39, 0.29) is 5.97 Å². The number of pyridine rings is 1. The Morgan fingerprint density at radius 2 is 2.19 bits per heavy atom. The molecule has 5 heteroatoms. The second-order valence-electron chi connectivity index (χ2n) is 4.56. The summed E-state index contributed by atoms with van der Waals surface area (Å²) in [5.74, 6) is 0.450. The number of anilines is 1. The van der Waals surface area contributed by atoms with Gasteiger partial charge in [0.05, 0.1) is 30.7 Å². The van der Waals surface area contributed by atoms with Gasteiger partial charge in [-0.25, -0.2) is 4.98 Å². The summed E-state index contributed by atoms with van der Waals surface area (Å²) in [5, 5.41) is 10.1. The maximum atomic E-state index is 11.3. The van der Waals surface area contributed by atoms with Gasteiger partial charge in [0.15, 0.2) is 0 Å². The van der Waals surface area contributed by atoms with Crippen LogP contribution in [-0.2, 0) is 9.53 Å². The molecule has 0 saturated heterocycles. The fourth-order valence-electron chi connectivity index (χ4n) is 2.18. The van der Waals surface area contributed by atoms with Gasteiger partial charge in [0.1, 0.15) is 5.82 Å². The van der Waals surface area contributed by atoms with E-state index in [0.29, 0.717) is 30.9 Å². The van der Waals surface area contributed by atoms with Crippen LogP contribution in [-0.4, -0.2) is 31.2 Å². The highest BCUT2D eigenvalue weighted by molar-refractivity contribution is 5.86. The summed E-state index contributed by atoms with van der Waals surface area (Å²) in [6.45, 7) is 3.20. The lowest BCUT2D eigenvalue weighted by Gasteiger charge is -2.22. The van der Waals surface area contributed by atoms with E-state index in [0.717, 1.165) is 10.9 Å². The van der Waals surface area contributed by atoms with Crippen molar-refractivity contribution in [3.63, 3.8) is 0 Å². The normalized spacial score (nSPS) is 10.1. The van der Waals surface area contributed by atoms with E-state index in [9.17, 15) is 10.1 Å². The molecule has 1 aromatic heterocycles. The Morgan fingerprint density at radius 1 is 1.43 bits per heavy atom. The third-order valence-corrected chi connectivity index (χ3v) is 3.34. The molecule has 5 nitrogen and oxygen atoms in total. The molecular weight excluding hydrogens is 266 g/mol. The molecule has 2 rings (SSSR count). The van der Waals surface area contributed by atoms with Gasteiger partial charge in [0.2, 0.25) is 0 Å². The van der Waals surface area contributed by atoms with Gasteiger partial charge in [-0.3, -0.25) is 4.79 Å². The molecular formula is C16H17N3O2. The number of hydrogen-bond acceptors (Lipinski definition) is 5. The minimum absolute atomic E-state index is 0.255. The van der Waals surface area contributed by atoms with Crippen molar-refractivity contribution >= 4 is 22.7 Å². The van der Waals surface area contributed by atoms with Crippen molar-refractivity contribution in [3.05, 3.63) is 35.9 Å². The van der Waals surface area contributed by atoms with Gasteiger partial charge in [0, 0.05) is 18.5 Å². The van der Waals surface area contributed by atoms with Gasteiger partial charge >= 0.3 is 5.97 Å². The number of para-hydroxylation sites is 1. The first-order valence-corrected chi connectivity index (χ1v) is 6.81. The highest BCUT2D eigenvalue weighted by Crippen LogP contribution is 2.22. The smallest absolute Gasteiger partial charge is 0.307 e. The Bertz CT molecular complexity index is 691. The van der Waals surface area contributed by atoms with Crippen molar-refractivity contribution in [1.29, 1.82) is 5.26 Å². The van der Waals surface area contributed by atoms with Crippen molar-refractivity contribution in [1.82, 2.24) is 4.98 Å². The maximum absolute atomic E-state index is 11.3. The lowest BCUT2D eigenvalue weighted by atomic mass is 10.1. The second kappa shape index (κ2) is 6.71. The first-order valence-electron chi connectivity index (χ1n) is 6.81. The van der Waals surface area contributed by atoms with Crippen LogP contribution in [0.1, 0.15) is 18.9 Å². The fraction of sp³-hybridized carbons (Fsp3) is 0.312. The van der Waals surface area contributed by atoms with Crippen molar-refractivity contribution in [2.75, 3.05) is 25.1 Å². The molecule has 21 heavy (non-hydrogen) atoms. The molecule has 0 fully saturated rings. The standard InChI is InChI=1S/C16H17N3O2/c1-3-19(9-8-16(20)21-2)15-10-12(11-17)13-6-4-5-7-14(13)18-15/h4-7,10H,3,8-9H2,1-2H3. The van der Waals surface area contributed by atoms with Crippen LogP contribution >= 0.6 is 0 Å². The molecule has 0 unspecified atom stereocenters. The summed E-state index contributed by atoms with van der Waals surface area (Å²) in [4.78, 5) is 17.8. The lowest BCUT2D eigenvalue weighted by Crippen LogP contribution is -2.27. The third-order valence-electron chi connectivity index (χ3n) is 3.34. The van der Waals surface area contributed by atoms with Crippen LogP contribution in [0.2, 0.25) is 0 Å². The minimum atomic E-state index is -0.255. The Balaban J connectivity index is 2.35. The van der Waals surface area contributed by atoms with Crippen LogP contribution in [0.15, 0.2) is 30.3 Å². The molecule has 0 atom stereocenters. The largest absolute Gasteiger partial charge is 0.469 e. The Hall–Kier alpha value is -2.61. The predicted molar refractivity (Wildman–Crippen MR) is 81.0 cm³/mol. The number of nitrogens with zero attached hydrogens (tertiary/aromatic N) is 3. The molecule has 0 aliphatic rings. The average molecular weight is 283 g/mol. The summed E-state index contributed by atoms with van der Waals surface area (Å²) < 4.78 is 4.66. The molecule has 1 heterocycles. The molecule has 0 N–H and O–H groups in total. The Labute approximate surface area is 123 Å². The lowest BCUT2D eigenvalue weighted by molar-refractivity contribution is -0.140. The van der Waals surface area contributed by atoms with Gasteiger partial charge in [-0.15, -0.1) is 0 Å². The quantitative estimate of drug-likeness (QED) is 0.789. The van der Waals surface area contributed by atoms with Gasteiger partial charge < -0.3 is 9.64 Å². The fourth-order valence-corrected chi connectivity index (χ4v) is 2.18. The molecule has 1 aromatic carbocycles. The van der Waals surface area contributed by atoms with Crippen LogP contribution in [0.3, 0.4) is 0 Å². The van der Waals surface area contributed by atoms with Gasteiger partial charge in [0.25, 0.3) is 0 Å². The van der Waals surface area contributed by atoms with Crippen LogP contribution in [0.4, 0.5) is 5.82 Å². The van der Waals surface area contributed by atoms with Crippen molar-refractivity contribution in [2.45, 2.75) is 13.3 Å². The number of carbonyl (C=O) groups is 1. The second-order valence-corrected chi connectivity index (χ2v) is 4.56. The Morgan fingerprint density at radius 3 is 2.86 bits per heavy atom. The van der Waals surface area contributed by atoms with Crippen molar-refractivity contribution in [2.24, 2.45) is 0 Å². The first kappa shape index (κ1) is 14.8. The number of esters is 1. The number of carbonyl (C=O) groups excluding carboxylic acids is 1. The summed E-state index contributed by atoms with van der Waals surface area (Å²) in [6.07, 6.45) is 0.292. The monoisotopic (exact) mass is 283 g/mol. The molecule has 0 saturated carbocycles. The van der Waals surface area contributed by atoms with Crippen LogP contribution in [0, 0.1) is 11.3 Å². The summed E-state index contributed by atoms with van der Waals surface area (Å²) >= 11 is 0. The summed E-state index contributed by atoms with van der Waals surface area (Å²) in [6, 6.07) is 11.5. The molecule has 0 aliphatic carbocycles. The molecule has 0 aliphatic heterocycles. The number of aromatic nitrogens is 1. The highest BCUT2D eigenvalue weighted by atomic mass is 16.5. The van der Waals surface area contributed by atoms with E-state index in [1.807, 2.05) is 36.1 Å². The zero-order valence-corrected chi connectivity index (χ0v) is 12.2. The zero-order valence-electron chi connectivity index (χ0n) is 12.2. The number of fused-ring (bicyclic) bond motifs is 1. The highest BCUT2D eigenvalue weighted by Gasteiger charge is 2.12. The predicted octanol–water partition coefficient (Wildman–Crippen LogP) is 2.50. The van der Waals surface area contributed by atoms with Crippen LogP contribution in [0.25, 0.3) is 10.9 Å². The number of methoxy groups -OCH3 is 1. The van der Waals surface area contributed by atoms with E-state index in [1.165, 1.54) is 7.11 Å². The number of hydrogen-bond donors (Lipinski definition) is 0. The average Bonchev–Trinajstić information content (AvgIpc) is 2.54. The molecule has 0 radical (unpaired) electrons. The molecule has 2 aromatic rings. The van der Waals surface area contributed by atoms with Gasteiger partial charge in [-0.1, -0.05) is 18.2 Å². The number of ether oxygens (including phenoxy) is 1. The summed E-state index contributed by atoms with van der Waals surface area (Å²) in [5.41, 5.74) is 1.37. The maximum Gasteiger partial charge on any atom is 0.307 e. The van der Waals surface area contributed by atoms with Gasteiger partial charge in [-0.05, 0) is 19.1 Å². The summed E-state index contributed by atoms with van der Waals surface area (Å²) in [7, 11) is 1.38. The van der Waals surface area contributed by atoms with Crippen molar-refractivity contribution in [3.8, 4) is 6.07 Å². The molecule has 108 valence electrons. The third kappa shape index (κ3) is 3.29. The van der Waals surface area contributed by atoms with E-state index in [4.69, 9.17) is 0 Å². The van der Waals surface area contributed by atoms with E-state index < -0.39 is 0 Å². The Kier molecular flexibility index (Phi) is 4.72. The zero-order chi connectivity index (χ0) is 15.2. The minimum Gasteiger partial charge on any atom is -0.469 e. The van der Waals surface area contributed by atoms with Crippen LogP contribution in [0.5, 0.6) is 0 Å². The topological polar surface area (TPSA) is 66.2 Å². The van der Waals surface area contributed by atoms with E-state index >= 15 is 0 Å². The molecule has 0 amide bonds. The van der Waals surface area contributed by atoms with Crippen molar-refractivity contribution < 1.29 is 9.53 Å². The first-order chi connectivity index (χ1) is 10.2. The van der Waals surface area contributed by atoms with E-state index in [1.54, 1.807) is 6.07 Å². The SMILES string of the molecule is CCN(CCC(=O)OC)c1cc(C#N)c2ccccc2n1. The number of rotatable bonds is 5. The number of benzene rings is 1. The van der Waals surface area contributed by atoms with Gasteiger partial charge in [-0.2, -0.15) is 5.26 Å². The number of nitriles is 1. The van der Waals surface area contributed by atoms with Crippen LogP contribution < -0.4 is 4.90 Å². The molecule has 0 spiro atoms. The van der Waals surface area contributed by atoms with E-state index in [2.05, 4.69) is 15.8 Å².